The van der Waals surface area contributed by atoms with Gasteiger partial charge in [-0.1, -0.05) is 0 Å². The monoisotopic (exact) mass is 210 g/mol. The number of aliphatic imine (C=N–C) groups is 1. The molecule has 0 unspecified atom stereocenters. The van der Waals surface area contributed by atoms with Crippen LogP contribution in [0.1, 0.15) is 12.8 Å². The summed E-state index contributed by atoms with van der Waals surface area (Å²) in [7, 11) is -4.31. The Bertz CT molecular complexity index is 214. The molecule has 7 N–H and O–H groups in total. The number of nitrogens with one attached hydrogen (secondary N) is 1. The Morgan fingerprint density at radius 1 is 1.46 bits per heavy atom. The molecule has 0 saturated heterocycles. The molecule has 13 heavy (non-hydrogen) atoms. The third-order valence-corrected chi connectivity index (χ3v) is 1.67. The summed E-state index contributed by atoms with van der Waals surface area (Å²) in [6, 6.07) is 0. The van der Waals surface area contributed by atoms with Crippen molar-refractivity contribution in [3.05, 3.63) is 0 Å². The molecule has 0 aliphatic rings. The van der Waals surface area contributed by atoms with E-state index in [1.165, 1.54) is 0 Å². The van der Waals surface area contributed by atoms with Gasteiger partial charge in [-0.2, -0.15) is 0 Å². The molecule has 78 valence electrons. The van der Waals surface area contributed by atoms with Gasteiger partial charge in [0.05, 0.1) is 0 Å². The van der Waals surface area contributed by atoms with Gasteiger partial charge in [-0.25, -0.2) is 4.57 Å². The van der Waals surface area contributed by atoms with Gasteiger partial charge in [-0.3, -0.25) is 10.1 Å². The van der Waals surface area contributed by atoms with Gasteiger partial charge in [-0.05, 0) is 19.4 Å². The molecule has 0 radical (unpaired) electrons. The van der Waals surface area contributed by atoms with Crippen LogP contribution in [0.3, 0.4) is 0 Å². The Hall–Kier alpha value is -0.620. The molecule has 0 aromatic rings. The van der Waals surface area contributed by atoms with Crippen LogP contribution in [-0.4, -0.2) is 28.8 Å². The minimum Gasteiger partial charge on any atom is -0.370 e. The molecule has 0 saturated carbocycles. The van der Waals surface area contributed by atoms with Gasteiger partial charge in [0, 0.05) is 6.54 Å². The summed E-state index contributed by atoms with van der Waals surface area (Å²) < 4.78 is 10.3. The van der Waals surface area contributed by atoms with E-state index in [4.69, 9.17) is 21.3 Å². The van der Waals surface area contributed by atoms with Crippen molar-refractivity contribution in [3.63, 3.8) is 0 Å². The van der Waals surface area contributed by atoms with E-state index >= 15 is 0 Å². The average molecular weight is 210 g/mol. The minimum absolute atomic E-state index is 0.245. The van der Waals surface area contributed by atoms with Gasteiger partial charge in [0.25, 0.3) is 0 Å². The molecule has 7 nitrogen and oxygen atoms in total. The zero-order valence-electron chi connectivity index (χ0n) is 7.18. The maximum atomic E-state index is 10.3. The van der Waals surface area contributed by atoms with E-state index in [1.807, 2.05) is 0 Å². The van der Waals surface area contributed by atoms with E-state index in [0.717, 1.165) is 12.8 Å². The Morgan fingerprint density at radius 3 is 2.54 bits per heavy atom. The van der Waals surface area contributed by atoms with Gasteiger partial charge < -0.3 is 21.3 Å². The SMILES string of the molecule is NCCCCN=C(N)NP(=O)(O)O. The number of guanidine groups is 1. The molecule has 0 fully saturated rings. The molecule has 0 amide bonds. The maximum absolute atomic E-state index is 10.3. The summed E-state index contributed by atoms with van der Waals surface area (Å²) in [6.45, 7) is 0.984. The van der Waals surface area contributed by atoms with Crippen LogP contribution in [0.15, 0.2) is 4.99 Å². The lowest BCUT2D eigenvalue weighted by Gasteiger charge is -2.05. The van der Waals surface area contributed by atoms with Gasteiger partial charge in [0.15, 0.2) is 5.96 Å². The number of rotatable bonds is 5. The van der Waals surface area contributed by atoms with Crippen LogP contribution in [0.2, 0.25) is 0 Å². The van der Waals surface area contributed by atoms with E-state index in [2.05, 4.69) is 4.99 Å². The number of nitrogens with two attached hydrogens (primary N) is 2. The van der Waals surface area contributed by atoms with Crippen LogP contribution in [-0.2, 0) is 4.57 Å². The molecule has 0 spiro atoms. The zero-order chi connectivity index (χ0) is 10.3. The summed E-state index contributed by atoms with van der Waals surface area (Å²) in [5.74, 6) is -0.245. The highest BCUT2D eigenvalue weighted by atomic mass is 31.2. The van der Waals surface area contributed by atoms with Crippen molar-refractivity contribution in [3.8, 4) is 0 Å². The molecule has 0 atom stereocenters. The van der Waals surface area contributed by atoms with E-state index in [-0.39, 0.29) is 5.96 Å². The predicted octanol–water partition coefficient (Wildman–Crippen LogP) is -1.28. The summed E-state index contributed by atoms with van der Waals surface area (Å²) in [6.07, 6.45) is 1.56. The number of hydrogen-bond acceptors (Lipinski definition) is 3. The second-order valence-electron chi connectivity index (χ2n) is 2.42. The quantitative estimate of drug-likeness (QED) is 0.166. The molecular formula is C5H15N4O3P. The van der Waals surface area contributed by atoms with Crippen LogP contribution in [0.25, 0.3) is 0 Å². The van der Waals surface area contributed by atoms with Crippen LogP contribution in [0.4, 0.5) is 0 Å². The molecule has 0 rings (SSSR count). The van der Waals surface area contributed by atoms with Crippen molar-refractivity contribution in [2.75, 3.05) is 13.1 Å². The summed E-state index contributed by atoms with van der Waals surface area (Å²) in [5, 5.41) is 1.76. The highest BCUT2D eigenvalue weighted by Gasteiger charge is 2.12. The normalized spacial score (nSPS) is 13.0. The van der Waals surface area contributed by atoms with Crippen LogP contribution in [0, 0.1) is 0 Å². The first-order valence-electron chi connectivity index (χ1n) is 3.79. The third-order valence-electron chi connectivity index (χ3n) is 1.15. The van der Waals surface area contributed by atoms with Crippen molar-refractivity contribution in [2.24, 2.45) is 16.5 Å². The van der Waals surface area contributed by atoms with E-state index in [1.54, 1.807) is 5.09 Å². The first-order chi connectivity index (χ1) is 5.95. The Balaban J connectivity index is 3.70. The fourth-order valence-corrected chi connectivity index (χ4v) is 1.01. The first kappa shape index (κ1) is 12.4. The molecule has 0 heterocycles. The second kappa shape index (κ2) is 5.93. The summed E-state index contributed by atoms with van der Waals surface area (Å²) in [4.78, 5) is 20.5. The molecule has 0 aliphatic carbocycles. The lowest BCUT2D eigenvalue weighted by Crippen LogP contribution is -2.29. The molecule has 0 aromatic heterocycles. The van der Waals surface area contributed by atoms with Crippen LogP contribution < -0.4 is 16.6 Å². The van der Waals surface area contributed by atoms with E-state index in [0.29, 0.717) is 13.1 Å². The van der Waals surface area contributed by atoms with Gasteiger partial charge in [0.2, 0.25) is 0 Å². The highest BCUT2D eigenvalue weighted by Crippen LogP contribution is 2.27. The highest BCUT2D eigenvalue weighted by molar-refractivity contribution is 7.50. The lowest BCUT2D eigenvalue weighted by molar-refractivity contribution is 0.367. The van der Waals surface area contributed by atoms with Crippen molar-refractivity contribution in [2.45, 2.75) is 12.8 Å². The van der Waals surface area contributed by atoms with Crippen molar-refractivity contribution in [1.82, 2.24) is 5.09 Å². The van der Waals surface area contributed by atoms with E-state index < -0.39 is 7.75 Å². The molecule has 8 heteroatoms. The third kappa shape index (κ3) is 9.29. The van der Waals surface area contributed by atoms with E-state index in [9.17, 15) is 4.57 Å². The number of unbranched alkanes of at least 4 members (excludes halogenated alkanes) is 1. The maximum Gasteiger partial charge on any atom is 0.429 e. The van der Waals surface area contributed by atoms with Gasteiger partial charge >= 0.3 is 7.75 Å². The minimum atomic E-state index is -4.31. The molecule has 0 aliphatic heterocycles. The Morgan fingerprint density at radius 2 is 2.08 bits per heavy atom. The van der Waals surface area contributed by atoms with Crippen molar-refractivity contribution < 1.29 is 14.4 Å². The Labute approximate surface area is 76.4 Å². The molecule has 0 aromatic carbocycles. The standard InChI is InChI=1S/C5H15N4O3P/c6-3-1-2-4-8-5(7)9-13(10,11)12/h1-4,6H2,(H5,7,8,9,10,11,12). The molecule has 0 bridgehead atoms. The number of nitrogens with zero attached hydrogens (tertiary/aromatic N) is 1. The van der Waals surface area contributed by atoms with Crippen molar-refractivity contribution >= 4 is 13.7 Å². The van der Waals surface area contributed by atoms with Crippen LogP contribution >= 0.6 is 7.75 Å². The predicted molar refractivity (Wildman–Crippen MR) is 50.0 cm³/mol. The topological polar surface area (TPSA) is 134 Å². The smallest absolute Gasteiger partial charge is 0.370 e. The average Bonchev–Trinajstić information content (AvgIpc) is 1.94. The van der Waals surface area contributed by atoms with Crippen LogP contribution in [0.5, 0.6) is 0 Å². The van der Waals surface area contributed by atoms with Crippen molar-refractivity contribution in [1.29, 1.82) is 0 Å². The van der Waals surface area contributed by atoms with Gasteiger partial charge in [-0.15, -0.1) is 0 Å². The largest absolute Gasteiger partial charge is 0.429 e. The fourth-order valence-electron chi connectivity index (χ4n) is 0.640. The zero-order valence-corrected chi connectivity index (χ0v) is 8.07. The summed E-state index contributed by atoms with van der Waals surface area (Å²) in [5.41, 5.74) is 10.4. The number of hydrogen-bond donors (Lipinski definition) is 5. The second-order valence-corrected chi connectivity index (χ2v) is 3.73. The first-order valence-corrected chi connectivity index (χ1v) is 5.41. The Kier molecular flexibility index (Phi) is 5.65. The fraction of sp³-hybridized carbons (Fsp3) is 0.800. The van der Waals surface area contributed by atoms with Gasteiger partial charge in [0.1, 0.15) is 0 Å². The summed E-state index contributed by atoms with van der Waals surface area (Å²) >= 11 is 0. The molecular weight excluding hydrogens is 195 g/mol. The lowest BCUT2D eigenvalue weighted by atomic mass is 10.3.